The monoisotopic (exact) mass is 324 g/mol. The number of nitrogens with two attached hydrogens (primary N) is 1. The molecule has 2 aromatic rings. The van der Waals surface area contributed by atoms with Gasteiger partial charge in [-0.2, -0.15) is 0 Å². The summed E-state index contributed by atoms with van der Waals surface area (Å²) in [4.78, 5) is 5.71. The summed E-state index contributed by atoms with van der Waals surface area (Å²) in [6.45, 7) is 2.40. The molecule has 1 saturated heterocycles. The van der Waals surface area contributed by atoms with E-state index in [0.717, 1.165) is 31.5 Å². The van der Waals surface area contributed by atoms with Crippen molar-refractivity contribution in [1.82, 2.24) is 5.06 Å². The normalized spacial score (nSPS) is 16.5. The summed E-state index contributed by atoms with van der Waals surface area (Å²) in [6, 6.07) is 15.7. The van der Waals surface area contributed by atoms with E-state index < -0.39 is 0 Å². The number of hydrogen-bond acceptors (Lipinski definition) is 4. The molecule has 24 heavy (non-hydrogen) atoms. The molecule has 0 bridgehead atoms. The van der Waals surface area contributed by atoms with E-state index >= 15 is 0 Å². The Morgan fingerprint density at radius 2 is 1.92 bits per heavy atom. The number of nitrogens with zero attached hydrogens (tertiary/aromatic N) is 1. The predicted octanol–water partition coefficient (Wildman–Crippen LogP) is 3.63. The molecule has 1 heterocycles. The molecule has 0 unspecified atom stereocenters. The number of piperidine rings is 1. The Morgan fingerprint density at radius 1 is 1.12 bits per heavy atom. The lowest BCUT2D eigenvalue weighted by Crippen LogP contribution is -2.31. The highest BCUT2D eigenvalue weighted by molar-refractivity contribution is 5.50. The molecule has 0 radical (unpaired) electrons. The minimum Gasteiger partial charge on any atom is -0.508 e. The first-order chi connectivity index (χ1) is 11.7. The number of rotatable bonds is 5. The highest BCUT2D eigenvalue weighted by Crippen LogP contribution is 2.28. The van der Waals surface area contributed by atoms with Crippen LogP contribution >= 0.6 is 0 Å². The number of phenolic OH excluding ortho intramolecular Hbond substituents is 1. The van der Waals surface area contributed by atoms with Crippen molar-refractivity contribution in [3.63, 3.8) is 0 Å². The summed E-state index contributed by atoms with van der Waals surface area (Å²) in [5.41, 5.74) is 9.23. The average Bonchev–Trinajstić information content (AvgIpc) is 2.62. The van der Waals surface area contributed by atoms with Crippen LogP contribution in [0.1, 0.15) is 35.4 Å². The van der Waals surface area contributed by atoms with Gasteiger partial charge in [0.15, 0.2) is 0 Å². The third-order valence-corrected chi connectivity index (χ3v) is 4.45. The summed E-state index contributed by atoms with van der Waals surface area (Å²) >= 11 is 0. The fraction of sp³-hybridized carbons (Fsp3) is 0.300. The van der Waals surface area contributed by atoms with Crippen molar-refractivity contribution in [2.24, 2.45) is 5.73 Å². The van der Waals surface area contributed by atoms with Crippen LogP contribution in [-0.2, 0) is 11.4 Å². The molecule has 0 saturated carbocycles. The van der Waals surface area contributed by atoms with Crippen LogP contribution in [0.25, 0.3) is 6.08 Å². The van der Waals surface area contributed by atoms with Gasteiger partial charge in [-0.1, -0.05) is 36.4 Å². The van der Waals surface area contributed by atoms with Crippen LogP contribution < -0.4 is 5.73 Å². The van der Waals surface area contributed by atoms with E-state index in [2.05, 4.69) is 24.3 Å². The van der Waals surface area contributed by atoms with Crippen LogP contribution in [0.3, 0.4) is 0 Å². The number of hydroxylamine groups is 2. The van der Waals surface area contributed by atoms with Crippen LogP contribution in [0.4, 0.5) is 0 Å². The van der Waals surface area contributed by atoms with Crippen molar-refractivity contribution >= 4 is 6.08 Å². The number of hydrogen-bond donors (Lipinski definition) is 2. The zero-order chi connectivity index (χ0) is 16.8. The van der Waals surface area contributed by atoms with Gasteiger partial charge in [0.2, 0.25) is 0 Å². The summed E-state index contributed by atoms with van der Waals surface area (Å²) in [5, 5.41) is 11.4. The lowest BCUT2D eigenvalue weighted by molar-refractivity contribution is -0.116. The SMILES string of the molecule is NCc1cccc(C2CCN(O/C=C\c3cccc(O)c3)CC2)c1. The molecule has 0 spiro atoms. The molecule has 3 N–H and O–H groups in total. The summed E-state index contributed by atoms with van der Waals surface area (Å²) in [6.07, 6.45) is 5.70. The highest BCUT2D eigenvalue weighted by atomic mass is 16.7. The molecule has 0 aromatic heterocycles. The first kappa shape index (κ1) is 16.6. The Labute approximate surface area is 143 Å². The van der Waals surface area contributed by atoms with Crippen LogP contribution in [0, 0.1) is 0 Å². The Balaban J connectivity index is 1.50. The van der Waals surface area contributed by atoms with Crippen LogP contribution in [0.2, 0.25) is 0 Å². The van der Waals surface area contributed by atoms with Crippen molar-refractivity contribution in [3.8, 4) is 5.75 Å². The Morgan fingerprint density at radius 3 is 2.67 bits per heavy atom. The zero-order valence-corrected chi connectivity index (χ0v) is 13.8. The molecule has 1 aliphatic heterocycles. The maximum absolute atomic E-state index is 9.44. The Hall–Kier alpha value is -2.30. The average molecular weight is 324 g/mol. The van der Waals surface area contributed by atoms with Gasteiger partial charge >= 0.3 is 0 Å². The third kappa shape index (κ3) is 4.37. The van der Waals surface area contributed by atoms with Gasteiger partial charge in [0.05, 0.1) is 0 Å². The molecule has 0 amide bonds. The minimum atomic E-state index is 0.262. The minimum absolute atomic E-state index is 0.262. The third-order valence-electron chi connectivity index (χ3n) is 4.45. The van der Waals surface area contributed by atoms with Crippen LogP contribution in [0.5, 0.6) is 5.75 Å². The van der Waals surface area contributed by atoms with E-state index in [1.54, 1.807) is 18.4 Å². The molecule has 1 fully saturated rings. The first-order valence-corrected chi connectivity index (χ1v) is 8.41. The van der Waals surface area contributed by atoms with Crippen molar-refractivity contribution in [1.29, 1.82) is 0 Å². The fourth-order valence-electron chi connectivity index (χ4n) is 3.09. The van der Waals surface area contributed by atoms with E-state index in [-0.39, 0.29) is 5.75 Å². The number of phenols is 1. The number of aromatic hydroxyl groups is 1. The van der Waals surface area contributed by atoms with E-state index in [4.69, 9.17) is 10.6 Å². The van der Waals surface area contributed by atoms with E-state index in [1.165, 1.54) is 11.1 Å². The molecule has 2 aromatic carbocycles. The van der Waals surface area contributed by atoms with Gasteiger partial charge in [0.1, 0.15) is 12.0 Å². The lowest BCUT2D eigenvalue weighted by atomic mass is 9.89. The topological polar surface area (TPSA) is 58.7 Å². The van der Waals surface area contributed by atoms with E-state index in [1.807, 2.05) is 23.3 Å². The predicted molar refractivity (Wildman–Crippen MR) is 96.1 cm³/mol. The summed E-state index contributed by atoms with van der Waals surface area (Å²) < 4.78 is 0. The second kappa shape index (κ2) is 7.99. The van der Waals surface area contributed by atoms with Crippen molar-refractivity contribution in [3.05, 3.63) is 71.5 Å². The molecular weight excluding hydrogens is 300 g/mol. The van der Waals surface area contributed by atoms with Gasteiger partial charge in [-0.25, -0.2) is 0 Å². The summed E-state index contributed by atoms with van der Waals surface area (Å²) in [7, 11) is 0. The van der Waals surface area contributed by atoms with Crippen molar-refractivity contribution < 1.29 is 9.94 Å². The largest absolute Gasteiger partial charge is 0.508 e. The fourth-order valence-corrected chi connectivity index (χ4v) is 3.09. The quantitative estimate of drug-likeness (QED) is 0.825. The molecule has 4 nitrogen and oxygen atoms in total. The number of benzene rings is 2. The van der Waals surface area contributed by atoms with Crippen LogP contribution in [0.15, 0.2) is 54.8 Å². The summed E-state index contributed by atoms with van der Waals surface area (Å²) in [5.74, 6) is 0.837. The maximum atomic E-state index is 9.44. The van der Waals surface area contributed by atoms with E-state index in [0.29, 0.717) is 12.5 Å². The van der Waals surface area contributed by atoms with Crippen LogP contribution in [-0.4, -0.2) is 23.3 Å². The van der Waals surface area contributed by atoms with Crippen molar-refractivity contribution in [2.45, 2.75) is 25.3 Å². The molecular formula is C20H24N2O2. The van der Waals surface area contributed by atoms with Gasteiger partial charge in [0, 0.05) is 19.6 Å². The molecule has 0 aliphatic carbocycles. The van der Waals surface area contributed by atoms with Gasteiger partial charge < -0.3 is 15.7 Å². The van der Waals surface area contributed by atoms with Crippen molar-refractivity contribution in [2.75, 3.05) is 13.1 Å². The molecule has 0 atom stereocenters. The Bertz CT molecular complexity index is 692. The second-order valence-electron chi connectivity index (χ2n) is 6.16. The smallest absolute Gasteiger partial charge is 0.116 e. The van der Waals surface area contributed by atoms with E-state index in [9.17, 15) is 5.11 Å². The van der Waals surface area contributed by atoms with Gasteiger partial charge in [0.25, 0.3) is 0 Å². The molecule has 3 rings (SSSR count). The molecule has 126 valence electrons. The Kier molecular flexibility index (Phi) is 5.51. The second-order valence-corrected chi connectivity index (χ2v) is 6.16. The van der Waals surface area contributed by atoms with Gasteiger partial charge in [-0.3, -0.25) is 0 Å². The molecule has 1 aliphatic rings. The molecule has 4 heteroatoms. The first-order valence-electron chi connectivity index (χ1n) is 8.41. The maximum Gasteiger partial charge on any atom is 0.116 e. The van der Waals surface area contributed by atoms with Gasteiger partial charge in [-0.15, -0.1) is 5.06 Å². The van der Waals surface area contributed by atoms with Gasteiger partial charge in [-0.05, 0) is 53.7 Å². The lowest BCUT2D eigenvalue weighted by Gasteiger charge is -2.30. The highest BCUT2D eigenvalue weighted by Gasteiger charge is 2.21. The standard InChI is InChI=1S/C20H24N2O2/c21-15-17-4-1-5-19(13-17)18-7-10-22(11-8-18)24-12-9-16-3-2-6-20(23)14-16/h1-6,9,12-14,18,23H,7-8,10-11,15,21H2/b12-9-. The zero-order valence-electron chi connectivity index (χ0n) is 13.8.